The number of methoxy groups -OCH3 is 3. The summed E-state index contributed by atoms with van der Waals surface area (Å²) in [6, 6.07) is 4.22. The van der Waals surface area contributed by atoms with Gasteiger partial charge >= 0.3 is 0 Å². The van der Waals surface area contributed by atoms with Crippen LogP contribution in [0, 0.1) is 11.3 Å². The van der Waals surface area contributed by atoms with Gasteiger partial charge in [0.15, 0.2) is 17.5 Å². The molecule has 2 saturated carbocycles. The van der Waals surface area contributed by atoms with Crippen LogP contribution in [0.2, 0.25) is 0 Å². The molecular formula is C22H33N3O4. The van der Waals surface area contributed by atoms with Gasteiger partial charge in [0.2, 0.25) is 5.75 Å². The zero-order chi connectivity index (χ0) is 20.4. The van der Waals surface area contributed by atoms with Crippen molar-refractivity contribution in [3.05, 3.63) is 12.1 Å². The average molecular weight is 404 g/mol. The summed E-state index contributed by atoms with van der Waals surface area (Å²) in [6.45, 7) is 3.63. The Morgan fingerprint density at radius 2 is 1.83 bits per heavy atom. The number of aliphatic imine (C=N–C) groups is 1. The van der Waals surface area contributed by atoms with Gasteiger partial charge in [-0.25, -0.2) is 0 Å². The van der Waals surface area contributed by atoms with Gasteiger partial charge in [-0.15, -0.1) is 0 Å². The van der Waals surface area contributed by atoms with Gasteiger partial charge in [-0.1, -0.05) is 12.8 Å². The summed E-state index contributed by atoms with van der Waals surface area (Å²) in [5.41, 5.74) is 1.12. The number of fused-ring (bicyclic) bond motifs is 2. The molecular weight excluding hydrogens is 370 g/mol. The van der Waals surface area contributed by atoms with E-state index < -0.39 is 0 Å². The number of rotatable bonds is 6. The highest BCUT2D eigenvalue weighted by atomic mass is 16.5. The van der Waals surface area contributed by atoms with E-state index in [1.165, 1.54) is 25.7 Å². The lowest BCUT2D eigenvalue weighted by Crippen LogP contribution is -2.68. The van der Waals surface area contributed by atoms with Crippen LogP contribution in [-0.2, 0) is 4.74 Å². The Hall–Kier alpha value is -2.15. The topological polar surface area (TPSA) is 73.3 Å². The fraction of sp³-hybridized carbons (Fsp3) is 0.682. The summed E-state index contributed by atoms with van der Waals surface area (Å²) in [5, 5.41) is 7.21. The van der Waals surface area contributed by atoms with Crippen LogP contribution < -0.4 is 24.8 Å². The van der Waals surface area contributed by atoms with Crippen molar-refractivity contribution in [3.63, 3.8) is 0 Å². The summed E-state index contributed by atoms with van der Waals surface area (Å²) >= 11 is 0. The highest BCUT2D eigenvalue weighted by Crippen LogP contribution is 2.60. The van der Waals surface area contributed by atoms with Crippen molar-refractivity contribution < 1.29 is 18.9 Å². The number of ether oxygens (including phenoxy) is 4. The van der Waals surface area contributed by atoms with Crippen LogP contribution in [0.1, 0.15) is 39.0 Å². The van der Waals surface area contributed by atoms with E-state index in [4.69, 9.17) is 23.9 Å². The molecule has 0 bridgehead atoms. The van der Waals surface area contributed by atoms with Crippen LogP contribution >= 0.6 is 0 Å². The zero-order valence-corrected chi connectivity index (χ0v) is 17.9. The molecule has 1 spiro atoms. The van der Waals surface area contributed by atoms with E-state index in [0.717, 1.165) is 24.7 Å². The van der Waals surface area contributed by atoms with Crippen molar-refractivity contribution in [2.75, 3.05) is 39.8 Å². The molecule has 160 valence electrons. The monoisotopic (exact) mass is 403 g/mol. The maximum absolute atomic E-state index is 6.12. The van der Waals surface area contributed by atoms with Crippen molar-refractivity contribution in [2.45, 2.75) is 51.2 Å². The SMILES string of the molecule is CCN=C(Nc1cc(OC)c(OC)c(OC)c1)NC1C2CCOC2C12CCCC2. The van der Waals surface area contributed by atoms with Gasteiger partial charge in [0.05, 0.1) is 27.4 Å². The van der Waals surface area contributed by atoms with E-state index in [0.29, 0.717) is 41.9 Å². The molecule has 29 heavy (non-hydrogen) atoms. The first kappa shape index (κ1) is 20.1. The second-order valence-electron chi connectivity index (χ2n) is 8.17. The molecule has 7 heteroatoms. The number of benzene rings is 1. The van der Waals surface area contributed by atoms with Crippen LogP contribution in [0.15, 0.2) is 17.1 Å². The second-order valence-corrected chi connectivity index (χ2v) is 8.17. The third-order valence-corrected chi connectivity index (χ3v) is 6.82. The smallest absolute Gasteiger partial charge is 0.203 e. The maximum Gasteiger partial charge on any atom is 0.203 e. The van der Waals surface area contributed by atoms with Gasteiger partial charge in [-0.3, -0.25) is 4.99 Å². The third-order valence-electron chi connectivity index (χ3n) is 6.82. The summed E-state index contributed by atoms with van der Waals surface area (Å²) in [5.74, 6) is 3.19. The molecule has 0 aromatic heterocycles. The molecule has 1 heterocycles. The molecule has 1 saturated heterocycles. The van der Waals surface area contributed by atoms with Gasteiger partial charge < -0.3 is 29.6 Å². The number of anilines is 1. The van der Waals surface area contributed by atoms with E-state index in [2.05, 4.69) is 10.6 Å². The van der Waals surface area contributed by atoms with Gasteiger partial charge in [0.25, 0.3) is 0 Å². The Bertz CT molecular complexity index is 735. The zero-order valence-electron chi connectivity index (χ0n) is 17.9. The summed E-state index contributed by atoms with van der Waals surface area (Å²) in [7, 11) is 4.86. The van der Waals surface area contributed by atoms with E-state index in [1.807, 2.05) is 19.1 Å². The molecule has 7 nitrogen and oxygen atoms in total. The number of nitrogens with one attached hydrogen (secondary N) is 2. The molecule has 0 amide bonds. The van der Waals surface area contributed by atoms with Crippen molar-refractivity contribution in [1.29, 1.82) is 0 Å². The minimum Gasteiger partial charge on any atom is -0.493 e. The van der Waals surface area contributed by atoms with Crippen LogP contribution in [0.5, 0.6) is 17.2 Å². The third kappa shape index (κ3) is 3.39. The standard InChI is InChI=1S/C22H33N3O4/c1-5-23-21(24-14-12-16(26-2)18(28-4)17(13-14)27-3)25-19-15-8-11-29-20(15)22(19)9-6-7-10-22/h12-13,15,19-20H,5-11H2,1-4H3,(H2,23,24,25). The molecule has 3 fully saturated rings. The average Bonchev–Trinajstić information content (AvgIpc) is 3.40. The van der Waals surface area contributed by atoms with E-state index in [-0.39, 0.29) is 5.41 Å². The van der Waals surface area contributed by atoms with Crippen molar-refractivity contribution in [2.24, 2.45) is 16.3 Å². The van der Waals surface area contributed by atoms with Gasteiger partial charge in [0, 0.05) is 48.3 Å². The number of nitrogens with zero attached hydrogens (tertiary/aromatic N) is 1. The van der Waals surface area contributed by atoms with Crippen molar-refractivity contribution in [3.8, 4) is 17.2 Å². The predicted octanol–water partition coefficient (Wildman–Crippen LogP) is 3.44. The lowest BCUT2D eigenvalue weighted by atomic mass is 9.54. The van der Waals surface area contributed by atoms with Gasteiger partial charge in [-0.05, 0) is 26.2 Å². The fourth-order valence-corrected chi connectivity index (χ4v) is 5.62. The summed E-state index contributed by atoms with van der Waals surface area (Å²) < 4.78 is 22.5. The molecule has 2 aliphatic carbocycles. The normalized spacial score (nSPS) is 27.3. The minimum atomic E-state index is 0.270. The number of guanidine groups is 1. The Morgan fingerprint density at radius 1 is 1.14 bits per heavy atom. The molecule has 1 aromatic carbocycles. The van der Waals surface area contributed by atoms with Crippen LogP contribution in [0.4, 0.5) is 5.69 Å². The molecule has 1 aromatic rings. The molecule has 3 aliphatic rings. The van der Waals surface area contributed by atoms with Gasteiger partial charge in [0.1, 0.15) is 0 Å². The molecule has 3 unspecified atom stereocenters. The highest BCUT2D eigenvalue weighted by Gasteiger charge is 2.65. The highest BCUT2D eigenvalue weighted by molar-refractivity contribution is 5.94. The van der Waals surface area contributed by atoms with Crippen molar-refractivity contribution >= 4 is 11.6 Å². The summed E-state index contributed by atoms with van der Waals surface area (Å²) in [4.78, 5) is 4.70. The molecule has 4 rings (SSSR count). The lowest BCUT2D eigenvalue weighted by Gasteiger charge is -2.57. The first-order valence-corrected chi connectivity index (χ1v) is 10.7. The molecule has 3 atom stereocenters. The van der Waals surface area contributed by atoms with E-state index in [9.17, 15) is 0 Å². The lowest BCUT2D eigenvalue weighted by molar-refractivity contribution is -0.124. The quantitative estimate of drug-likeness (QED) is 0.560. The van der Waals surface area contributed by atoms with Crippen molar-refractivity contribution in [1.82, 2.24) is 5.32 Å². The van der Waals surface area contributed by atoms with Gasteiger partial charge in [-0.2, -0.15) is 0 Å². The van der Waals surface area contributed by atoms with Crippen LogP contribution in [0.25, 0.3) is 0 Å². The summed E-state index contributed by atoms with van der Waals surface area (Å²) in [6.07, 6.45) is 6.64. The number of hydrogen-bond acceptors (Lipinski definition) is 5. The Labute approximate surface area is 173 Å². The Balaban J connectivity index is 1.56. The predicted molar refractivity (Wildman–Crippen MR) is 113 cm³/mol. The van der Waals surface area contributed by atoms with E-state index in [1.54, 1.807) is 21.3 Å². The van der Waals surface area contributed by atoms with E-state index >= 15 is 0 Å². The maximum atomic E-state index is 6.12. The number of hydrogen-bond donors (Lipinski definition) is 2. The molecule has 2 N–H and O–H groups in total. The molecule has 1 aliphatic heterocycles. The minimum absolute atomic E-state index is 0.270. The Kier molecular flexibility index (Phi) is 5.76. The largest absolute Gasteiger partial charge is 0.493 e. The first-order chi connectivity index (χ1) is 14.2. The second kappa shape index (κ2) is 8.30. The first-order valence-electron chi connectivity index (χ1n) is 10.7. The molecule has 0 radical (unpaired) electrons. The fourth-order valence-electron chi connectivity index (χ4n) is 5.62. The Morgan fingerprint density at radius 3 is 2.41 bits per heavy atom. The van der Waals surface area contributed by atoms with Crippen LogP contribution in [-0.4, -0.2) is 52.6 Å². The van der Waals surface area contributed by atoms with Crippen LogP contribution in [0.3, 0.4) is 0 Å².